The molecule has 0 aromatic carbocycles. The Morgan fingerprint density at radius 3 is 0.864 bits per heavy atom. The van der Waals surface area contributed by atoms with Crippen LogP contribution in [-0.2, 0) is 0 Å². The molecule has 1 aliphatic rings. The van der Waals surface area contributed by atoms with Crippen LogP contribution >= 0.6 is 16.7 Å². The van der Waals surface area contributed by atoms with Crippen molar-refractivity contribution in [3.8, 4) is 0 Å². The number of nitrogens with zero attached hydrogens (tertiary/aromatic N) is 2. The van der Waals surface area contributed by atoms with E-state index in [-0.39, 0.29) is 22.2 Å². The van der Waals surface area contributed by atoms with E-state index in [1.54, 1.807) is 0 Å². The molecule has 1 fully saturated rings. The molecular formula is C16H40N4P2+2. The van der Waals surface area contributed by atoms with Gasteiger partial charge in [-0.05, 0) is 83.1 Å². The lowest BCUT2D eigenvalue weighted by atomic mass is 10.1. The zero-order valence-electron chi connectivity index (χ0n) is 16.9. The Morgan fingerprint density at radius 1 is 0.500 bits per heavy atom. The summed E-state index contributed by atoms with van der Waals surface area (Å²) in [6.07, 6.45) is 0. The monoisotopic (exact) mass is 350 g/mol. The summed E-state index contributed by atoms with van der Waals surface area (Å²) in [6.45, 7) is 27.7. The van der Waals surface area contributed by atoms with Crippen molar-refractivity contribution in [1.82, 2.24) is 19.1 Å². The van der Waals surface area contributed by atoms with Crippen LogP contribution in [0.4, 0.5) is 0 Å². The summed E-state index contributed by atoms with van der Waals surface area (Å²) >= 11 is 0. The molecule has 0 aromatic rings. The highest BCUT2D eigenvalue weighted by Crippen LogP contribution is 2.78. The largest absolute Gasteiger partial charge is 0.292 e. The summed E-state index contributed by atoms with van der Waals surface area (Å²) in [6, 6.07) is 0. The molecule has 0 aromatic heterocycles. The Hall–Kier alpha value is 0.700. The fourth-order valence-electron chi connectivity index (χ4n) is 2.52. The summed E-state index contributed by atoms with van der Waals surface area (Å²) in [7, 11) is -1.84. The van der Waals surface area contributed by atoms with Gasteiger partial charge in [0.05, 0.1) is 11.1 Å². The average Bonchev–Trinajstić information content (AvgIpc) is 2.04. The number of rotatable bonds is 2. The maximum absolute atomic E-state index is 3.92. The molecule has 1 rings (SSSR count). The van der Waals surface area contributed by atoms with E-state index in [9.17, 15) is 0 Å². The Balaban J connectivity index is 3.16. The predicted molar refractivity (Wildman–Crippen MR) is 106 cm³/mol. The molecule has 0 bridgehead atoms. The van der Waals surface area contributed by atoms with Gasteiger partial charge >= 0.3 is 0 Å². The molecule has 0 amide bonds. The van der Waals surface area contributed by atoms with E-state index in [1.165, 1.54) is 0 Å². The molecular weight excluding hydrogens is 310 g/mol. The first kappa shape index (κ1) is 20.7. The second-order valence-electron chi connectivity index (χ2n) is 10.4. The SMILES string of the molecule is CC(C)(C)N[PH+]1N(C(C)(C)C)[PH+](NC(C)(C)C)N1C(C)(C)C. The minimum atomic E-state index is -0.918. The minimum Gasteiger partial charge on any atom is -0.152 e. The summed E-state index contributed by atoms with van der Waals surface area (Å²) in [5.74, 6) is 0. The van der Waals surface area contributed by atoms with Gasteiger partial charge < -0.3 is 0 Å². The van der Waals surface area contributed by atoms with E-state index < -0.39 is 16.7 Å². The Kier molecular flexibility index (Phi) is 5.85. The van der Waals surface area contributed by atoms with Crippen molar-refractivity contribution in [3.05, 3.63) is 0 Å². The average molecular weight is 350 g/mol. The molecule has 6 heteroatoms. The van der Waals surface area contributed by atoms with Gasteiger partial charge in [-0.3, -0.25) is 0 Å². The molecule has 1 aliphatic heterocycles. The van der Waals surface area contributed by atoms with Gasteiger partial charge in [0.1, 0.15) is 0 Å². The van der Waals surface area contributed by atoms with Gasteiger partial charge in [-0.2, -0.15) is 10.2 Å². The second kappa shape index (κ2) is 6.21. The zero-order chi connectivity index (χ0) is 17.7. The molecule has 2 N–H and O–H groups in total. The van der Waals surface area contributed by atoms with Crippen molar-refractivity contribution < 1.29 is 0 Å². The normalized spacial score (nSPS) is 26.2. The topological polar surface area (TPSA) is 30.5 Å². The third-order valence-corrected chi connectivity index (χ3v) is 12.0. The van der Waals surface area contributed by atoms with Crippen LogP contribution < -0.4 is 10.2 Å². The molecule has 132 valence electrons. The van der Waals surface area contributed by atoms with E-state index in [0.717, 1.165) is 0 Å². The minimum absolute atomic E-state index is 0.135. The molecule has 0 unspecified atom stereocenters. The van der Waals surface area contributed by atoms with Crippen molar-refractivity contribution in [2.24, 2.45) is 0 Å². The molecule has 0 aliphatic carbocycles. The quantitative estimate of drug-likeness (QED) is 0.694. The molecule has 4 nitrogen and oxygen atoms in total. The standard InChI is InChI=1S/C16H38N4P2/c1-13(2,3)17-21-19(15(7,8)9)22(18-14(4,5)6)20(21)16(10,11)12/h17-18H,1-12H3/p+2. The molecule has 0 saturated carbocycles. The highest BCUT2D eigenvalue weighted by atomic mass is 31.3. The lowest BCUT2D eigenvalue weighted by Gasteiger charge is -2.52. The van der Waals surface area contributed by atoms with Crippen LogP contribution in [0.5, 0.6) is 0 Å². The maximum Gasteiger partial charge on any atom is 0.292 e. The maximum atomic E-state index is 3.92. The Bertz CT molecular complexity index is 339. The van der Waals surface area contributed by atoms with E-state index in [1.807, 2.05) is 0 Å². The van der Waals surface area contributed by atoms with Gasteiger partial charge in [-0.25, -0.2) is 0 Å². The van der Waals surface area contributed by atoms with Gasteiger partial charge in [0.15, 0.2) is 0 Å². The van der Waals surface area contributed by atoms with Crippen LogP contribution in [0, 0.1) is 0 Å². The van der Waals surface area contributed by atoms with Crippen LogP contribution in [0.25, 0.3) is 0 Å². The third kappa shape index (κ3) is 5.36. The lowest BCUT2D eigenvalue weighted by molar-refractivity contribution is 0.260. The van der Waals surface area contributed by atoms with Crippen molar-refractivity contribution in [3.63, 3.8) is 0 Å². The molecule has 0 radical (unpaired) electrons. The van der Waals surface area contributed by atoms with Crippen LogP contribution in [0.15, 0.2) is 0 Å². The molecule has 0 spiro atoms. The molecule has 1 saturated heterocycles. The van der Waals surface area contributed by atoms with E-state index in [2.05, 4.69) is 102 Å². The van der Waals surface area contributed by atoms with Crippen molar-refractivity contribution in [2.45, 2.75) is 105 Å². The number of nitrogens with one attached hydrogen (secondary N) is 2. The van der Waals surface area contributed by atoms with Crippen LogP contribution in [0.1, 0.15) is 83.1 Å². The second-order valence-corrected chi connectivity index (χ2v) is 14.9. The summed E-state index contributed by atoms with van der Waals surface area (Å²) in [5.41, 5.74) is 0.633. The highest BCUT2D eigenvalue weighted by Gasteiger charge is 2.72. The molecule has 22 heavy (non-hydrogen) atoms. The van der Waals surface area contributed by atoms with E-state index in [0.29, 0.717) is 0 Å². The first-order valence-electron chi connectivity index (χ1n) is 8.34. The van der Waals surface area contributed by atoms with Gasteiger partial charge in [-0.15, -0.1) is 0 Å². The summed E-state index contributed by atoms with van der Waals surface area (Å²) in [5, 5.41) is 7.85. The van der Waals surface area contributed by atoms with Gasteiger partial charge in [0, 0.05) is 20.0 Å². The number of hydrogen-bond donors (Lipinski definition) is 2. The van der Waals surface area contributed by atoms with Crippen LogP contribution in [0.2, 0.25) is 0 Å². The smallest absolute Gasteiger partial charge is 0.152 e. The van der Waals surface area contributed by atoms with Gasteiger partial charge in [-0.1, -0.05) is 0 Å². The van der Waals surface area contributed by atoms with Crippen LogP contribution in [-0.4, -0.2) is 31.0 Å². The van der Waals surface area contributed by atoms with Crippen molar-refractivity contribution in [2.75, 3.05) is 0 Å². The molecule has 1 heterocycles. The molecule has 0 atom stereocenters. The Morgan fingerprint density at radius 2 is 0.727 bits per heavy atom. The number of hydrogen-bond acceptors (Lipinski definition) is 4. The summed E-state index contributed by atoms with van der Waals surface area (Å²) in [4.78, 5) is 0. The lowest BCUT2D eigenvalue weighted by Crippen LogP contribution is -2.61. The van der Waals surface area contributed by atoms with Crippen molar-refractivity contribution >= 4 is 16.7 Å². The van der Waals surface area contributed by atoms with Crippen molar-refractivity contribution in [1.29, 1.82) is 0 Å². The zero-order valence-corrected chi connectivity index (χ0v) is 18.9. The van der Waals surface area contributed by atoms with Gasteiger partial charge in [0.25, 0.3) is 16.7 Å². The van der Waals surface area contributed by atoms with E-state index in [4.69, 9.17) is 0 Å². The van der Waals surface area contributed by atoms with Crippen LogP contribution in [0.3, 0.4) is 0 Å². The highest BCUT2D eigenvalue weighted by molar-refractivity contribution is 7.80. The summed E-state index contributed by atoms with van der Waals surface area (Å²) < 4.78 is 5.51. The van der Waals surface area contributed by atoms with Gasteiger partial charge in [0.2, 0.25) is 0 Å². The predicted octanol–water partition coefficient (Wildman–Crippen LogP) is 4.90. The van der Waals surface area contributed by atoms with E-state index >= 15 is 0 Å². The fraction of sp³-hybridized carbons (Fsp3) is 1.00. The Labute approximate surface area is 141 Å². The fourth-order valence-corrected chi connectivity index (χ4v) is 10.1. The first-order valence-corrected chi connectivity index (χ1v) is 11.1. The first-order chi connectivity index (χ1) is 9.43. The third-order valence-electron chi connectivity index (χ3n) is 3.16.